The van der Waals surface area contributed by atoms with Gasteiger partial charge in [0.05, 0.1) is 28.6 Å². The van der Waals surface area contributed by atoms with E-state index < -0.39 is 5.91 Å². The fraction of sp³-hybridized carbons (Fsp3) is 0.240. The van der Waals surface area contributed by atoms with E-state index >= 15 is 0 Å². The maximum atomic E-state index is 13.0. The molecule has 2 N–H and O–H groups in total. The number of nitrogens with one attached hydrogen (secondary N) is 2. The summed E-state index contributed by atoms with van der Waals surface area (Å²) in [6, 6.07) is 14.0. The van der Waals surface area contributed by atoms with E-state index in [1.807, 2.05) is 26.0 Å². The number of para-hydroxylation sites is 2. The molecule has 1 heterocycles. The minimum absolute atomic E-state index is 0.221. The van der Waals surface area contributed by atoms with E-state index in [1.54, 1.807) is 36.4 Å². The number of rotatable bonds is 6. The molecule has 1 aliphatic rings. The van der Waals surface area contributed by atoms with Gasteiger partial charge in [0.2, 0.25) is 0 Å². The summed E-state index contributed by atoms with van der Waals surface area (Å²) < 4.78 is 11.5. The van der Waals surface area contributed by atoms with E-state index in [2.05, 4.69) is 15.8 Å². The molecule has 0 saturated heterocycles. The van der Waals surface area contributed by atoms with Crippen LogP contribution < -0.4 is 15.5 Å². The second kappa shape index (κ2) is 9.92. The molecular formula is C25H24ClN3O4. The summed E-state index contributed by atoms with van der Waals surface area (Å²) in [7, 11) is 0. The van der Waals surface area contributed by atoms with Gasteiger partial charge in [-0.3, -0.25) is 9.59 Å². The maximum absolute atomic E-state index is 13.0. The second-order valence-electron chi connectivity index (χ2n) is 7.57. The molecule has 0 saturated carbocycles. The summed E-state index contributed by atoms with van der Waals surface area (Å²) in [4.78, 5) is 25.5. The predicted octanol–water partition coefficient (Wildman–Crippen LogP) is 5.36. The molecule has 0 atom stereocenters. The highest BCUT2D eigenvalue weighted by Gasteiger charge is 2.28. The summed E-state index contributed by atoms with van der Waals surface area (Å²) in [5, 5.41) is 7.57. The number of amides is 2. The number of carbonyl (C=O) groups is 2. The third kappa shape index (κ3) is 4.78. The normalized spacial score (nSPS) is 14.0. The number of hydrogen-bond donors (Lipinski definition) is 2. The minimum Gasteiger partial charge on any atom is -0.492 e. The van der Waals surface area contributed by atoms with E-state index in [0.717, 1.165) is 12.0 Å². The van der Waals surface area contributed by atoms with Crippen LogP contribution >= 0.6 is 11.6 Å². The van der Waals surface area contributed by atoms with Gasteiger partial charge in [-0.15, -0.1) is 0 Å². The van der Waals surface area contributed by atoms with Crippen LogP contribution in [-0.4, -0.2) is 24.1 Å². The molecule has 2 amide bonds. The van der Waals surface area contributed by atoms with Gasteiger partial charge in [-0.05, 0) is 51.0 Å². The first-order valence-corrected chi connectivity index (χ1v) is 11.1. The van der Waals surface area contributed by atoms with Crippen molar-refractivity contribution in [2.45, 2.75) is 33.1 Å². The van der Waals surface area contributed by atoms with E-state index in [4.69, 9.17) is 20.8 Å². The van der Waals surface area contributed by atoms with Crippen LogP contribution in [-0.2, 0) is 6.42 Å². The summed E-state index contributed by atoms with van der Waals surface area (Å²) in [5.41, 5.74) is 5.62. The molecule has 0 fully saturated rings. The van der Waals surface area contributed by atoms with Crippen LogP contribution in [0.2, 0.25) is 5.02 Å². The Morgan fingerprint density at radius 2 is 1.85 bits per heavy atom. The lowest BCUT2D eigenvalue weighted by atomic mass is 9.93. The average molecular weight is 466 g/mol. The van der Waals surface area contributed by atoms with E-state index in [0.29, 0.717) is 58.5 Å². The Morgan fingerprint density at radius 1 is 1.09 bits per heavy atom. The molecule has 1 aromatic heterocycles. The molecule has 0 unspecified atom stereocenters. The van der Waals surface area contributed by atoms with Crippen LogP contribution in [0.25, 0.3) is 0 Å². The second-order valence-corrected chi connectivity index (χ2v) is 7.98. The zero-order chi connectivity index (χ0) is 23.4. The Hall–Kier alpha value is -3.58. The largest absolute Gasteiger partial charge is 0.492 e. The van der Waals surface area contributed by atoms with Crippen LogP contribution in [0.1, 0.15) is 57.6 Å². The Morgan fingerprint density at radius 3 is 2.64 bits per heavy atom. The first-order valence-electron chi connectivity index (χ1n) is 10.8. The number of furan rings is 1. The van der Waals surface area contributed by atoms with E-state index in [9.17, 15) is 9.59 Å². The average Bonchev–Trinajstić information content (AvgIpc) is 3.16. The van der Waals surface area contributed by atoms with Crippen LogP contribution in [0.15, 0.2) is 58.0 Å². The van der Waals surface area contributed by atoms with Gasteiger partial charge >= 0.3 is 0 Å². The lowest BCUT2D eigenvalue weighted by molar-refractivity contribution is 0.0953. The van der Waals surface area contributed by atoms with Gasteiger partial charge in [-0.1, -0.05) is 35.9 Å². The lowest BCUT2D eigenvalue weighted by Gasteiger charge is -2.13. The van der Waals surface area contributed by atoms with Crippen molar-refractivity contribution in [2.24, 2.45) is 5.10 Å². The van der Waals surface area contributed by atoms with Gasteiger partial charge in [0.1, 0.15) is 11.5 Å². The van der Waals surface area contributed by atoms with Gasteiger partial charge in [0.25, 0.3) is 11.8 Å². The van der Waals surface area contributed by atoms with Gasteiger partial charge in [0, 0.05) is 17.5 Å². The number of anilines is 1. The van der Waals surface area contributed by atoms with Crippen LogP contribution in [0.4, 0.5) is 5.69 Å². The maximum Gasteiger partial charge on any atom is 0.291 e. The number of aryl methyl sites for hydroxylation is 1. The van der Waals surface area contributed by atoms with Crippen molar-refractivity contribution in [1.29, 1.82) is 0 Å². The molecule has 33 heavy (non-hydrogen) atoms. The number of ether oxygens (including phenoxy) is 1. The summed E-state index contributed by atoms with van der Waals surface area (Å²) in [6.07, 6.45) is 2.15. The monoisotopic (exact) mass is 465 g/mol. The van der Waals surface area contributed by atoms with Gasteiger partial charge in [-0.25, -0.2) is 5.43 Å². The molecule has 7 nitrogen and oxygen atoms in total. The zero-order valence-corrected chi connectivity index (χ0v) is 19.2. The number of fused-ring (bicyclic) bond motifs is 1. The van der Waals surface area contributed by atoms with Crippen molar-refractivity contribution in [3.63, 3.8) is 0 Å². The topological polar surface area (TPSA) is 92.9 Å². The Bertz CT molecular complexity index is 1230. The minimum atomic E-state index is -0.396. The van der Waals surface area contributed by atoms with Crippen LogP contribution in [0.5, 0.6) is 5.75 Å². The molecule has 3 aromatic rings. The standard InChI is InChI=1S/C25H24ClN3O4/c1-3-32-20-13-7-6-11-18(20)27-25(31)23-15(2)22-19(12-8-14-21(22)33-23)28-29-24(30)16-9-4-5-10-17(16)26/h4-7,9-11,13H,3,8,12,14H2,1-2H3,(H,27,31)(H,29,30)/b28-19+. The molecule has 8 heteroatoms. The smallest absolute Gasteiger partial charge is 0.291 e. The van der Waals surface area contributed by atoms with Crippen molar-refractivity contribution in [2.75, 3.05) is 11.9 Å². The van der Waals surface area contributed by atoms with E-state index in [1.165, 1.54) is 0 Å². The van der Waals surface area contributed by atoms with Crippen molar-refractivity contribution >= 4 is 34.8 Å². The molecular weight excluding hydrogens is 442 g/mol. The highest BCUT2D eigenvalue weighted by Crippen LogP contribution is 2.31. The highest BCUT2D eigenvalue weighted by molar-refractivity contribution is 6.33. The first kappa shape index (κ1) is 22.6. The molecule has 4 rings (SSSR count). The number of carbonyl (C=O) groups excluding carboxylic acids is 2. The number of benzene rings is 2. The van der Waals surface area contributed by atoms with Crippen LogP contribution in [0, 0.1) is 6.92 Å². The highest BCUT2D eigenvalue weighted by atomic mass is 35.5. The number of nitrogens with zero attached hydrogens (tertiary/aromatic N) is 1. The van der Waals surface area contributed by atoms with Gasteiger partial charge in [-0.2, -0.15) is 5.10 Å². The third-order valence-electron chi connectivity index (χ3n) is 5.38. The molecule has 0 aliphatic heterocycles. The van der Waals surface area contributed by atoms with Crippen LogP contribution in [0.3, 0.4) is 0 Å². The zero-order valence-electron chi connectivity index (χ0n) is 18.4. The first-order chi connectivity index (χ1) is 16.0. The van der Waals surface area contributed by atoms with E-state index in [-0.39, 0.29) is 11.7 Å². The molecule has 2 aromatic carbocycles. The third-order valence-corrected chi connectivity index (χ3v) is 5.71. The molecule has 1 aliphatic carbocycles. The summed E-state index contributed by atoms with van der Waals surface area (Å²) in [5.74, 6) is 0.735. The summed E-state index contributed by atoms with van der Waals surface area (Å²) in [6.45, 7) is 4.19. The SMILES string of the molecule is CCOc1ccccc1NC(=O)c1oc2c(c1C)/C(=N/NC(=O)c1ccccc1Cl)CCC2. The Labute approximate surface area is 196 Å². The Kier molecular flexibility index (Phi) is 6.79. The fourth-order valence-corrected chi connectivity index (χ4v) is 4.07. The molecule has 0 radical (unpaired) electrons. The number of hydrazone groups is 1. The number of hydrogen-bond acceptors (Lipinski definition) is 5. The van der Waals surface area contributed by atoms with Crippen molar-refractivity contribution in [3.05, 3.63) is 81.8 Å². The predicted molar refractivity (Wildman–Crippen MR) is 127 cm³/mol. The summed E-state index contributed by atoms with van der Waals surface area (Å²) >= 11 is 6.10. The molecule has 170 valence electrons. The molecule has 0 bridgehead atoms. The lowest BCUT2D eigenvalue weighted by Crippen LogP contribution is -2.22. The molecule has 0 spiro atoms. The van der Waals surface area contributed by atoms with Gasteiger partial charge < -0.3 is 14.5 Å². The quantitative estimate of drug-likeness (QED) is 0.479. The van der Waals surface area contributed by atoms with Crippen molar-refractivity contribution in [3.8, 4) is 5.75 Å². The Balaban J connectivity index is 1.58. The van der Waals surface area contributed by atoms with Crippen molar-refractivity contribution < 1.29 is 18.7 Å². The fourth-order valence-electron chi connectivity index (χ4n) is 3.85. The number of halogens is 1. The van der Waals surface area contributed by atoms with Crippen molar-refractivity contribution in [1.82, 2.24) is 5.43 Å². The van der Waals surface area contributed by atoms with Gasteiger partial charge in [0.15, 0.2) is 5.76 Å².